The van der Waals surface area contributed by atoms with Gasteiger partial charge in [-0.15, -0.1) is 0 Å². The second kappa shape index (κ2) is 7.56. The van der Waals surface area contributed by atoms with E-state index in [9.17, 15) is 9.59 Å². The molecule has 0 aliphatic heterocycles. The van der Waals surface area contributed by atoms with Gasteiger partial charge >= 0.3 is 5.69 Å². The van der Waals surface area contributed by atoms with Gasteiger partial charge in [0.15, 0.2) is 5.65 Å². The maximum Gasteiger partial charge on any atom is 0.330 e. The van der Waals surface area contributed by atoms with Crippen LogP contribution in [0.3, 0.4) is 0 Å². The Morgan fingerprint density at radius 1 is 1.14 bits per heavy atom. The van der Waals surface area contributed by atoms with Gasteiger partial charge in [0.05, 0.1) is 23.9 Å². The van der Waals surface area contributed by atoms with Crippen LogP contribution in [-0.4, -0.2) is 26.6 Å². The molecule has 0 radical (unpaired) electrons. The first-order chi connectivity index (χ1) is 13.6. The average Bonchev–Trinajstić information content (AvgIpc) is 3.33. The molecule has 7 heteroatoms. The van der Waals surface area contributed by atoms with Gasteiger partial charge in [-0.1, -0.05) is 29.8 Å². The molecule has 3 aromatic heterocycles. The molecular weight excluding hydrogens is 356 g/mol. The quantitative estimate of drug-likeness (QED) is 0.561. The molecule has 0 saturated heterocycles. The smallest absolute Gasteiger partial charge is 0.330 e. The summed E-state index contributed by atoms with van der Waals surface area (Å²) in [5.74, 6) is -0.238. The van der Waals surface area contributed by atoms with Crippen molar-refractivity contribution in [3.05, 3.63) is 88.4 Å². The van der Waals surface area contributed by atoms with Crippen LogP contribution < -0.4 is 11.0 Å². The Labute approximate surface area is 161 Å². The average molecular weight is 376 g/mol. The summed E-state index contributed by atoms with van der Waals surface area (Å²) in [7, 11) is 0. The largest absolute Gasteiger partial charge is 0.472 e. The molecular formula is C21H20N4O3. The number of imidazole rings is 1. The van der Waals surface area contributed by atoms with Crippen LogP contribution in [0.25, 0.3) is 11.2 Å². The monoisotopic (exact) mass is 376 g/mol. The van der Waals surface area contributed by atoms with Crippen molar-refractivity contribution in [3.63, 3.8) is 0 Å². The van der Waals surface area contributed by atoms with E-state index in [1.54, 1.807) is 21.4 Å². The Morgan fingerprint density at radius 3 is 2.71 bits per heavy atom. The molecule has 0 atom stereocenters. The van der Waals surface area contributed by atoms with Crippen LogP contribution in [0.1, 0.15) is 21.5 Å². The molecule has 4 rings (SSSR count). The lowest BCUT2D eigenvalue weighted by molar-refractivity contribution is 0.0951. The second-order valence-corrected chi connectivity index (χ2v) is 6.62. The number of hydrogen-bond donors (Lipinski definition) is 1. The van der Waals surface area contributed by atoms with Gasteiger partial charge in [0.25, 0.3) is 5.91 Å². The number of fused-ring (bicyclic) bond motifs is 1. The minimum absolute atomic E-state index is 0.146. The standard InChI is InChI=1S/C21H20N4O3/c1-15-4-6-16(7-5-15)13-25-18-3-2-9-22-19(18)24(21(25)27)11-10-23-20(26)17-8-12-28-14-17/h2-9,12,14H,10-11,13H2,1H3,(H,23,26). The summed E-state index contributed by atoms with van der Waals surface area (Å²) in [5, 5.41) is 2.79. The van der Waals surface area contributed by atoms with Crippen molar-refractivity contribution in [3.8, 4) is 0 Å². The van der Waals surface area contributed by atoms with E-state index >= 15 is 0 Å². The number of benzene rings is 1. The number of nitrogens with one attached hydrogen (secondary N) is 1. The van der Waals surface area contributed by atoms with Crippen molar-refractivity contribution in [2.24, 2.45) is 0 Å². The third-order valence-electron chi connectivity index (χ3n) is 4.64. The Kier molecular flexibility index (Phi) is 4.80. The normalized spacial score (nSPS) is 11.0. The van der Waals surface area contributed by atoms with Gasteiger partial charge in [0, 0.05) is 19.3 Å². The first-order valence-electron chi connectivity index (χ1n) is 9.03. The van der Waals surface area contributed by atoms with Gasteiger partial charge in [-0.25, -0.2) is 9.78 Å². The van der Waals surface area contributed by atoms with Crippen LogP contribution in [-0.2, 0) is 13.1 Å². The topological polar surface area (TPSA) is 82.1 Å². The Hall–Kier alpha value is -3.61. The highest BCUT2D eigenvalue weighted by molar-refractivity contribution is 5.93. The molecule has 0 spiro atoms. The van der Waals surface area contributed by atoms with Crippen LogP contribution in [0, 0.1) is 6.92 Å². The summed E-state index contributed by atoms with van der Waals surface area (Å²) in [6.07, 6.45) is 4.50. The SMILES string of the molecule is Cc1ccc(Cn2c(=O)n(CCNC(=O)c3ccoc3)c3ncccc32)cc1. The molecule has 1 aromatic carbocycles. The van der Waals surface area contributed by atoms with Crippen molar-refractivity contribution < 1.29 is 9.21 Å². The second-order valence-electron chi connectivity index (χ2n) is 6.62. The fraction of sp³-hybridized carbons (Fsp3) is 0.190. The molecule has 0 unspecified atom stereocenters. The highest BCUT2D eigenvalue weighted by Gasteiger charge is 2.15. The number of aromatic nitrogens is 3. The number of aryl methyl sites for hydroxylation is 1. The van der Waals surface area contributed by atoms with Gasteiger partial charge in [0.1, 0.15) is 6.26 Å². The third kappa shape index (κ3) is 3.46. The predicted molar refractivity (Wildman–Crippen MR) is 105 cm³/mol. The lowest BCUT2D eigenvalue weighted by atomic mass is 10.1. The van der Waals surface area contributed by atoms with Gasteiger partial charge in [-0.05, 0) is 30.7 Å². The lowest BCUT2D eigenvalue weighted by Gasteiger charge is -2.05. The van der Waals surface area contributed by atoms with E-state index in [4.69, 9.17) is 4.42 Å². The van der Waals surface area contributed by atoms with E-state index in [0.717, 1.165) is 11.1 Å². The number of furan rings is 1. The van der Waals surface area contributed by atoms with Crippen molar-refractivity contribution in [2.45, 2.75) is 20.0 Å². The van der Waals surface area contributed by atoms with Crippen LogP contribution in [0.5, 0.6) is 0 Å². The number of carbonyl (C=O) groups is 1. The van der Waals surface area contributed by atoms with Gasteiger partial charge < -0.3 is 9.73 Å². The zero-order valence-corrected chi connectivity index (χ0v) is 15.5. The molecule has 3 heterocycles. The summed E-state index contributed by atoms with van der Waals surface area (Å²) >= 11 is 0. The molecule has 142 valence electrons. The fourth-order valence-electron chi connectivity index (χ4n) is 3.15. The molecule has 0 bridgehead atoms. The first kappa shape index (κ1) is 17.8. The highest BCUT2D eigenvalue weighted by Crippen LogP contribution is 2.13. The van der Waals surface area contributed by atoms with Crippen molar-refractivity contribution in [2.75, 3.05) is 6.54 Å². The third-order valence-corrected chi connectivity index (χ3v) is 4.64. The number of amides is 1. The maximum atomic E-state index is 13.0. The van der Waals surface area contributed by atoms with Crippen LogP contribution >= 0.6 is 0 Å². The van der Waals surface area contributed by atoms with Crippen molar-refractivity contribution in [1.82, 2.24) is 19.4 Å². The summed E-state index contributed by atoms with van der Waals surface area (Å²) in [5.41, 5.74) is 3.91. The van der Waals surface area contributed by atoms with E-state index in [1.807, 2.05) is 43.3 Å². The van der Waals surface area contributed by atoms with E-state index in [0.29, 0.717) is 30.8 Å². The number of rotatable bonds is 6. The van der Waals surface area contributed by atoms with E-state index < -0.39 is 0 Å². The first-order valence-corrected chi connectivity index (χ1v) is 9.03. The van der Waals surface area contributed by atoms with E-state index in [-0.39, 0.29) is 11.6 Å². The number of nitrogens with zero attached hydrogens (tertiary/aromatic N) is 3. The van der Waals surface area contributed by atoms with Gasteiger partial charge in [-0.2, -0.15) is 0 Å². The molecule has 28 heavy (non-hydrogen) atoms. The summed E-state index contributed by atoms with van der Waals surface area (Å²) in [6.45, 7) is 3.14. The predicted octanol–water partition coefficient (Wildman–Crippen LogP) is 2.58. The number of pyridine rings is 1. The van der Waals surface area contributed by atoms with E-state index in [2.05, 4.69) is 10.3 Å². The zero-order chi connectivity index (χ0) is 19.5. The molecule has 7 nitrogen and oxygen atoms in total. The molecule has 0 aliphatic rings. The molecule has 1 N–H and O–H groups in total. The number of hydrogen-bond acceptors (Lipinski definition) is 4. The van der Waals surface area contributed by atoms with Crippen LogP contribution in [0.15, 0.2) is 70.4 Å². The minimum Gasteiger partial charge on any atom is -0.472 e. The molecule has 1 amide bonds. The van der Waals surface area contributed by atoms with Gasteiger partial charge in [-0.3, -0.25) is 13.9 Å². The number of carbonyl (C=O) groups excluding carboxylic acids is 1. The van der Waals surface area contributed by atoms with Crippen LogP contribution in [0.4, 0.5) is 0 Å². The molecule has 0 saturated carbocycles. The summed E-state index contributed by atoms with van der Waals surface area (Å²) in [6, 6.07) is 13.4. The fourth-order valence-corrected chi connectivity index (χ4v) is 3.15. The Balaban J connectivity index is 1.58. The summed E-state index contributed by atoms with van der Waals surface area (Å²) in [4.78, 5) is 29.4. The summed E-state index contributed by atoms with van der Waals surface area (Å²) < 4.78 is 8.22. The lowest BCUT2D eigenvalue weighted by Crippen LogP contribution is -2.31. The highest BCUT2D eigenvalue weighted by atomic mass is 16.3. The van der Waals surface area contributed by atoms with Gasteiger partial charge in [0.2, 0.25) is 0 Å². The van der Waals surface area contributed by atoms with Crippen LogP contribution in [0.2, 0.25) is 0 Å². The van der Waals surface area contributed by atoms with E-state index in [1.165, 1.54) is 18.1 Å². The van der Waals surface area contributed by atoms with Crippen molar-refractivity contribution in [1.29, 1.82) is 0 Å². The molecule has 4 aromatic rings. The maximum absolute atomic E-state index is 13.0. The minimum atomic E-state index is -0.238. The Morgan fingerprint density at radius 2 is 1.96 bits per heavy atom. The molecule has 0 fully saturated rings. The molecule has 0 aliphatic carbocycles. The Bertz CT molecular complexity index is 1150. The van der Waals surface area contributed by atoms with Crippen molar-refractivity contribution >= 4 is 17.1 Å². The zero-order valence-electron chi connectivity index (χ0n) is 15.5.